The average molecular weight is 313 g/mol. The second kappa shape index (κ2) is 7.63. The lowest BCUT2D eigenvalue weighted by atomic mass is 10.2. The van der Waals surface area contributed by atoms with Gasteiger partial charge in [0.1, 0.15) is 23.8 Å². The molecule has 1 aromatic rings. The summed E-state index contributed by atoms with van der Waals surface area (Å²) in [5.41, 5.74) is -0.692. The number of rotatable bonds is 5. The highest BCUT2D eigenvalue weighted by molar-refractivity contribution is 5.81. The largest absolute Gasteiger partial charge is 0.491 e. The van der Waals surface area contributed by atoms with Gasteiger partial charge in [0.25, 0.3) is 0 Å². The summed E-state index contributed by atoms with van der Waals surface area (Å²) in [7, 11) is 1.20. The minimum atomic E-state index is -1.04. The molecule has 0 spiro atoms. The second-order valence-corrected chi connectivity index (χ2v) is 5.49. The fraction of sp³-hybridized carbons (Fsp3) is 0.467. The third kappa shape index (κ3) is 6.43. The summed E-state index contributed by atoms with van der Waals surface area (Å²) in [6.07, 6.45) is -0.759. The number of halogens is 1. The first kappa shape index (κ1) is 17.7. The summed E-state index contributed by atoms with van der Waals surface area (Å²) in [5.74, 6) is -0.710. The van der Waals surface area contributed by atoms with Crippen LogP contribution < -0.4 is 10.1 Å². The first-order valence-electron chi connectivity index (χ1n) is 6.67. The molecule has 6 nitrogen and oxygen atoms in total. The highest BCUT2D eigenvalue weighted by Gasteiger charge is 2.25. The van der Waals surface area contributed by atoms with E-state index in [4.69, 9.17) is 9.47 Å². The maximum absolute atomic E-state index is 12.8. The van der Waals surface area contributed by atoms with Gasteiger partial charge in [-0.1, -0.05) is 0 Å². The minimum absolute atomic E-state index is 0.169. The molecule has 0 heterocycles. The number of amides is 1. The molecule has 0 unspecified atom stereocenters. The van der Waals surface area contributed by atoms with Crippen LogP contribution in [-0.4, -0.2) is 37.4 Å². The molecule has 7 heteroatoms. The molecule has 0 aromatic heterocycles. The van der Waals surface area contributed by atoms with E-state index in [0.717, 1.165) is 0 Å². The van der Waals surface area contributed by atoms with Gasteiger partial charge in [0.15, 0.2) is 6.04 Å². The molecule has 22 heavy (non-hydrogen) atoms. The van der Waals surface area contributed by atoms with Crippen molar-refractivity contribution in [2.75, 3.05) is 13.7 Å². The Bertz CT molecular complexity index is 510. The zero-order chi connectivity index (χ0) is 16.8. The predicted molar refractivity (Wildman–Crippen MR) is 77.1 cm³/mol. The molecule has 0 radical (unpaired) electrons. The van der Waals surface area contributed by atoms with Gasteiger partial charge >= 0.3 is 12.1 Å². The fourth-order valence-corrected chi connectivity index (χ4v) is 1.47. The van der Waals surface area contributed by atoms with Crippen LogP contribution in [0.15, 0.2) is 24.3 Å². The Hall–Kier alpha value is -2.31. The normalized spacial score (nSPS) is 12.2. The predicted octanol–water partition coefficient (Wildman–Crippen LogP) is 2.27. The maximum Gasteiger partial charge on any atom is 0.408 e. The zero-order valence-electron chi connectivity index (χ0n) is 13.0. The average Bonchev–Trinajstić information content (AvgIpc) is 2.42. The Morgan fingerprint density at radius 2 is 1.82 bits per heavy atom. The maximum atomic E-state index is 12.8. The number of nitrogens with one attached hydrogen (secondary N) is 1. The lowest BCUT2D eigenvalue weighted by Gasteiger charge is -2.22. The summed E-state index contributed by atoms with van der Waals surface area (Å²) in [6.45, 7) is 4.94. The molecule has 0 bridgehead atoms. The quantitative estimate of drug-likeness (QED) is 0.844. The van der Waals surface area contributed by atoms with Gasteiger partial charge in [-0.3, -0.25) is 0 Å². The zero-order valence-corrected chi connectivity index (χ0v) is 13.0. The Balaban J connectivity index is 2.63. The standard InChI is InChI=1S/C15H20FNO5/c1-15(2,3)22-14(19)17-12(13(18)20-4)9-21-11-7-5-10(16)6-8-11/h5-8,12H,9H2,1-4H3,(H,17,19)/t12-/m0/s1. The monoisotopic (exact) mass is 313 g/mol. The van der Waals surface area contributed by atoms with Crippen LogP contribution in [0.3, 0.4) is 0 Å². The molecule has 1 N–H and O–H groups in total. The second-order valence-electron chi connectivity index (χ2n) is 5.49. The van der Waals surface area contributed by atoms with Gasteiger partial charge in [0, 0.05) is 0 Å². The van der Waals surface area contributed by atoms with Gasteiger partial charge in [-0.2, -0.15) is 0 Å². The minimum Gasteiger partial charge on any atom is -0.491 e. The van der Waals surface area contributed by atoms with E-state index < -0.39 is 29.5 Å². The first-order chi connectivity index (χ1) is 10.2. The molecule has 1 atom stereocenters. The van der Waals surface area contributed by atoms with Crippen molar-refractivity contribution in [2.24, 2.45) is 0 Å². The molecule has 0 aliphatic carbocycles. The fourth-order valence-electron chi connectivity index (χ4n) is 1.47. The number of ether oxygens (including phenoxy) is 3. The van der Waals surface area contributed by atoms with Gasteiger partial charge in [-0.05, 0) is 45.0 Å². The van der Waals surface area contributed by atoms with Gasteiger partial charge in [0.2, 0.25) is 0 Å². The van der Waals surface area contributed by atoms with E-state index in [9.17, 15) is 14.0 Å². The molecular weight excluding hydrogens is 293 g/mol. The number of carbonyl (C=O) groups is 2. The molecule has 0 saturated carbocycles. The van der Waals surface area contributed by atoms with Crippen molar-refractivity contribution >= 4 is 12.1 Å². The summed E-state index contributed by atoms with van der Waals surface area (Å²) < 4.78 is 27.8. The number of hydrogen-bond acceptors (Lipinski definition) is 5. The number of carbonyl (C=O) groups excluding carboxylic acids is 2. The molecular formula is C15H20FNO5. The molecule has 122 valence electrons. The molecule has 0 aliphatic heterocycles. The van der Waals surface area contributed by atoms with Crippen molar-refractivity contribution in [1.29, 1.82) is 0 Å². The molecule has 1 aromatic carbocycles. The Kier molecular flexibility index (Phi) is 6.15. The van der Waals surface area contributed by atoms with Crippen LogP contribution in [0.5, 0.6) is 5.75 Å². The molecule has 0 aliphatic rings. The van der Waals surface area contributed by atoms with Crippen molar-refractivity contribution in [3.8, 4) is 5.75 Å². The van der Waals surface area contributed by atoms with Crippen molar-refractivity contribution in [2.45, 2.75) is 32.4 Å². The van der Waals surface area contributed by atoms with Crippen LogP contribution in [-0.2, 0) is 14.3 Å². The number of benzene rings is 1. The van der Waals surface area contributed by atoms with Crippen LogP contribution in [0.25, 0.3) is 0 Å². The molecule has 1 amide bonds. The Morgan fingerprint density at radius 1 is 1.23 bits per heavy atom. The SMILES string of the molecule is COC(=O)[C@H](COc1ccc(F)cc1)NC(=O)OC(C)(C)C. The van der Waals surface area contributed by atoms with Crippen LogP contribution in [0.1, 0.15) is 20.8 Å². The van der Waals surface area contributed by atoms with Crippen LogP contribution >= 0.6 is 0 Å². The number of methoxy groups -OCH3 is 1. The highest BCUT2D eigenvalue weighted by atomic mass is 19.1. The molecule has 0 fully saturated rings. The van der Waals surface area contributed by atoms with E-state index in [1.54, 1.807) is 20.8 Å². The third-order valence-corrected chi connectivity index (χ3v) is 2.41. The summed E-state index contributed by atoms with van der Waals surface area (Å²) in [6, 6.07) is 4.24. The summed E-state index contributed by atoms with van der Waals surface area (Å²) >= 11 is 0. The lowest BCUT2D eigenvalue weighted by Crippen LogP contribution is -2.47. The number of alkyl carbamates (subject to hydrolysis) is 1. The van der Waals surface area contributed by atoms with Crippen molar-refractivity contribution < 1.29 is 28.2 Å². The van der Waals surface area contributed by atoms with E-state index in [1.165, 1.54) is 31.4 Å². The van der Waals surface area contributed by atoms with E-state index in [1.807, 2.05) is 0 Å². The molecule has 0 saturated heterocycles. The van der Waals surface area contributed by atoms with Crippen molar-refractivity contribution in [3.05, 3.63) is 30.1 Å². The third-order valence-electron chi connectivity index (χ3n) is 2.41. The van der Waals surface area contributed by atoms with Gasteiger partial charge in [0.05, 0.1) is 7.11 Å². The van der Waals surface area contributed by atoms with Crippen LogP contribution in [0.2, 0.25) is 0 Å². The van der Waals surface area contributed by atoms with Crippen molar-refractivity contribution in [1.82, 2.24) is 5.32 Å². The number of esters is 1. The van der Waals surface area contributed by atoms with Gasteiger partial charge in [-0.15, -0.1) is 0 Å². The topological polar surface area (TPSA) is 73.9 Å². The van der Waals surface area contributed by atoms with Crippen LogP contribution in [0, 0.1) is 5.82 Å². The summed E-state index contributed by atoms with van der Waals surface area (Å²) in [5, 5.41) is 2.37. The van der Waals surface area contributed by atoms with Crippen LogP contribution in [0.4, 0.5) is 9.18 Å². The van der Waals surface area contributed by atoms with Gasteiger partial charge in [-0.25, -0.2) is 14.0 Å². The first-order valence-corrected chi connectivity index (χ1v) is 6.67. The van der Waals surface area contributed by atoms with Gasteiger partial charge < -0.3 is 19.5 Å². The Morgan fingerprint density at radius 3 is 2.32 bits per heavy atom. The van der Waals surface area contributed by atoms with E-state index >= 15 is 0 Å². The van der Waals surface area contributed by atoms with E-state index in [0.29, 0.717) is 5.75 Å². The van der Waals surface area contributed by atoms with Crippen molar-refractivity contribution in [3.63, 3.8) is 0 Å². The van der Waals surface area contributed by atoms with E-state index in [2.05, 4.69) is 10.1 Å². The smallest absolute Gasteiger partial charge is 0.408 e. The lowest BCUT2D eigenvalue weighted by molar-refractivity contribution is -0.143. The number of hydrogen-bond donors (Lipinski definition) is 1. The van der Waals surface area contributed by atoms with E-state index in [-0.39, 0.29) is 6.61 Å². The molecule has 1 rings (SSSR count). The Labute approximate surface area is 128 Å². The summed E-state index contributed by atoms with van der Waals surface area (Å²) in [4.78, 5) is 23.4. The highest BCUT2D eigenvalue weighted by Crippen LogP contribution is 2.12.